The van der Waals surface area contributed by atoms with Gasteiger partial charge in [0.05, 0.1) is 0 Å². The maximum Gasteiger partial charge on any atom is 0.174 e. The Morgan fingerprint density at radius 1 is 1.58 bits per heavy atom. The molecule has 0 spiro atoms. The molecule has 12 heavy (non-hydrogen) atoms. The van der Waals surface area contributed by atoms with E-state index in [2.05, 4.69) is 0 Å². The molecule has 0 aliphatic heterocycles. The molecule has 1 aromatic carbocycles. The minimum Gasteiger partial charge on any atom is -0.508 e. The fourth-order valence-corrected chi connectivity index (χ4v) is 0.869. The molecule has 0 fully saturated rings. The highest BCUT2D eigenvalue weighted by atomic mass is 16.5. The minimum atomic E-state index is 0.00426. The van der Waals surface area contributed by atoms with Crippen molar-refractivity contribution in [1.82, 2.24) is 0 Å². The van der Waals surface area contributed by atoms with E-state index in [0.717, 1.165) is 0 Å². The van der Waals surface area contributed by atoms with E-state index in [4.69, 9.17) is 10.00 Å². The summed E-state index contributed by atoms with van der Waals surface area (Å²) in [7, 11) is 0. The summed E-state index contributed by atoms with van der Waals surface area (Å²) in [6.45, 7) is 1.74. The fraction of sp³-hybridized carbons (Fsp3) is 0.222. The number of rotatable bonds is 2. The molecule has 0 bridgehead atoms. The quantitative estimate of drug-likeness (QED) is 0.720. The average molecular weight is 163 g/mol. The summed E-state index contributed by atoms with van der Waals surface area (Å²) >= 11 is 0. The number of hydrogen-bond acceptors (Lipinski definition) is 3. The molecule has 3 heteroatoms. The van der Waals surface area contributed by atoms with E-state index in [1.54, 1.807) is 25.1 Å². The summed E-state index contributed by atoms with van der Waals surface area (Å²) in [6, 6.07) is 6.83. The topological polar surface area (TPSA) is 53.2 Å². The summed E-state index contributed by atoms with van der Waals surface area (Å²) in [5, 5.41) is 17.5. The minimum absolute atomic E-state index is 0.00426. The predicted octanol–water partition coefficient (Wildman–Crippen LogP) is 1.60. The standard InChI is InChI=1S/C9H9NO2/c1-7-8(11)3-2-4-9(7)12-6-5-10/h2-4,11H,6H2,1H3. The lowest BCUT2D eigenvalue weighted by Gasteiger charge is -2.05. The second-order valence-corrected chi connectivity index (χ2v) is 2.35. The third-order valence-corrected chi connectivity index (χ3v) is 1.55. The van der Waals surface area contributed by atoms with E-state index in [9.17, 15) is 5.11 Å². The van der Waals surface area contributed by atoms with E-state index in [0.29, 0.717) is 11.3 Å². The molecule has 0 aliphatic rings. The zero-order chi connectivity index (χ0) is 8.97. The normalized spacial score (nSPS) is 9.00. The highest BCUT2D eigenvalue weighted by Gasteiger charge is 2.01. The highest BCUT2D eigenvalue weighted by molar-refractivity contribution is 5.42. The van der Waals surface area contributed by atoms with E-state index in [1.165, 1.54) is 0 Å². The molecule has 1 rings (SSSR count). The lowest BCUT2D eigenvalue weighted by Crippen LogP contribution is -1.95. The van der Waals surface area contributed by atoms with Crippen molar-refractivity contribution in [3.63, 3.8) is 0 Å². The van der Waals surface area contributed by atoms with Crippen LogP contribution in [-0.2, 0) is 0 Å². The second kappa shape index (κ2) is 3.63. The zero-order valence-corrected chi connectivity index (χ0v) is 6.74. The van der Waals surface area contributed by atoms with Crippen LogP contribution in [0.3, 0.4) is 0 Å². The van der Waals surface area contributed by atoms with E-state index in [-0.39, 0.29) is 12.4 Å². The van der Waals surface area contributed by atoms with Crippen LogP contribution in [0.2, 0.25) is 0 Å². The Labute approximate surface area is 70.8 Å². The second-order valence-electron chi connectivity index (χ2n) is 2.35. The van der Waals surface area contributed by atoms with Gasteiger partial charge in [-0.2, -0.15) is 5.26 Å². The maximum atomic E-state index is 9.24. The summed E-state index contributed by atoms with van der Waals surface area (Å²) in [4.78, 5) is 0. The molecule has 0 heterocycles. The molecule has 0 aromatic heterocycles. The molecule has 62 valence electrons. The van der Waals surface area contributed by atoms with E-state index in [1.807, 2.05) is 6.07 Å². The Kier molecular flexibility index (Phi) is 2.54. The van der Waals surface area contributed by atoms with Crippen LogP contribution in [0, 0.1) is 18.3 Å². The van der Waals surface area contributed by atoms with Gasteiger partial charge < -0.3 is 9.84 Å². The molecule has 0 saturated heterocycles. The third kappa shape index (κ3) is 1.67. The average Bonchev–Trinajstić information content (AvgIpc) is 2.08. The lowest BCUT2D eigenvalue weighted by atomic mass is 10.2. The molecule has 0 saturated carbocycles. The van der Waals surface area contributed by atoms with Crippen molar-refractivity contribution in [1.29, 1.82) is 5.26 Å². The first-order valence-electron chi connectivity index (χ1n) is 3.54. The summed E-state index contributed by atoms with van der Waals surface area (Å²) in [5.41, 5.74) is 0.660. The van der Waals surface area contributed by atoms with Gasteiger partial charge in [0, 0.05) is 5.56 Å². The predicted molar refractivity (Wildman–Crippen MR) is 44.0 cm³/mol. The third-order valence-electron chi connectivity index (χ3n) is 1.55. The van der Waals surface area contributed by atoms with E-state index >= 15 is 0 Å². The molecular weight excluding hydrogens is 154 g/mol. The molecule has 1 N–H and O–H groups in total. The van der Waals surface area contributed by atoms with Crippen molar-refractivity contribution in [2.24, 2.45) is 0 Å². The first-order chi connectivity index (χ1) is 5.75. The van der Waals surface area contributed by atoms with Crippen LogP contribution in [0.15, 0.2) is 18.2 Å². The van der Waals surface area contributed by atoms with Gasteiger partial charge in [0.1, 0.15) is 17.6 Å². The van der Waals surface area contributed by atoms with Gasteiger partial charge in [-0.15, -0.1) is 0 Å². The van der Waals surface area contributed by atoms with Crippen LogP contribution in [0.5, 0.6) is 11.5 Å². The van der Waals surface area contributed by atoms with Gasteiger partial charge in [-0.1, -0.05) is 6.07 Å². The summed E-state index contributed by atoms with van der Waals surface area (Å²) in [6.07, 6.45) is 0. The molecule has 0 aliphatic carbocycles. The Hall–Kier alpha value is -1.69. The lowest BCUT2D eigenvalue weighted by molar-refractivity contribution is 0.361. The van der Waals surface area contributed by atoms with E-state index < -0.39 is 0 Å². The van der Waals surface area contributed by atoms with Gasteiger partial charge in [-0.05, 0) is 19.1 Å². The SMILES string of the molecule is Cc1c(O)cccc1OCC#N. The van der Waals surface area contributed by atoms with Crippen molar-refractivity contribution >= 4 is 0 Å². The number of nitriles is 1. The first kappa shape index (κ1) is 8.41. The summed E-state index contributed by atoms with van der Waals surface area (Å²) < 4.78 is 5.05. The molecule has 3 nitrogen and oxygen atoms in total. The highest BCUT2D eigenvalue weighted by Crippen LogP contribution is 2.25. The van der Waals surface area contributed by atoms with Crippen molar-refractivity contribution in [2.45, 2.75) is 6.92 Å². The van der Waals surface area contributed by atoms with Crippen molar-refractivity contribution in [2.75, 3.05) is 6.61 Å². The van der Waals surface area contributed by atoms with Crippen LogP contribution in [-0.4, -0.2) is 11.7 Å². The number of benzene rings is 1. The molecule has 0 amide bonds. The van der Waals surface area contributed by atoms with Crippen molar-refractivity contribution < 1.29 is 9.84 Å². The summed E-state index contributed by atoms with van der Waals surface area (Å²) in [5.74, 6) is 0.738. The molecule has 0 radical (unpaired) electrons. The van der Waals surface area contributed by atoms with Crippen LogP contribution in [0.25, 0.3) is 0 Å². The molecule has 0 unspecified atom stereocenters. The number of nitrogens with zero attached hydrogens (tertiary/aromatic N) is 1. The Morgan fingerprint density at radius 2 is 2.33 bits per heavy atom. The smallest absolute Gasteiger partial charge is 0.174 e. The number of phenolic OH excluding ortho intramolecular Hbond substituents is 1. The van der Waals surface area contributed by atoms with Crippen LogP contribution >= 0.6 is 0 Å². The van der Waals surface area contributed by atoms with Gasteiger partial charge in [0.15, 0.2) is 6.61 Å². The Bertz CT molecular complexity index is 315. The number of phenols is 1. The van der Waals surface area contributed by atoms with Gasteiger partial charge in [-0.25, -0.2) is 0 Å². The number of ether oxygens (including phenoxy) is 1. The van der Waals surface area contributed by atoms with Gasteiger partial charge in [0.2, 0.25) is 0 Å². The largest absolute Gasteiger partial charge is 0.508 e. The van der Waals surface area contributed by atoms with Crippen LogP contribution in [0.4, 0.5) is 0 Å². The molecule has 1 aromatic rings. The van der Waals surface area contributed by atoms with Gasteiger partial charge >= 0.3 is 0 Å². The van der Waals surface area contributed by atoms with Gasteiger partial charge in [0.25, 0.3) is 0 Å². The molecular formula is C9H9NO2. The fourth-order valence-electron chi connectivity index (χ4n) is 0.869. The maximum absolute atomic E-state index is 9.24. The Balaban J connectivity index is 2.86. The van der Waals surface area contributed by atoms with Crippen molar-refractivity contribution in [3.8, 4) is 17.6 Å². The first-order valence-corrected chi connectivity index (χ1v) is 3.54. The zero-order valence-electron chi connectivity index (χ0n) is 6.74. The molecule has 0 atom stereocenters. The van der Waals surface area contributed by atoms with Gasteiger partial charge in [-0.3, -0.25) is 0 Å². The number of aromatic hydroxyl groups is 1. The Morgan fingerprint density at radius 3 is 3.00 bits per heavy atom. The monoisotopic (exact) mass is 163 g/mol. The van der Waals surface area contributed by atoms with Crippen LogP contribution < -0.4 is 4.74 Å². The number of hydrogen-bond donors (Lipinski definition) is 1. The van der Waals surface area contributed by atoms with Crippen LogP contribution in [0.1, 0.15) is 5.56 Å². The van der Waals surface area contributed by atoms with Crippen molar-refractivity contribution in [3.05, 3.63) is 23.8 Å².